The molecule has 27 heavy (non-hydrogen) atoms. The summed E-state index contributed by atoms with van der Waals surface area (Å²) >= 11 is 0. The first-order valence-electron chi connectivity index (χ1n) is 9.04. The molecular weight excluding hydrogens is 366 g/mol. The number of sulfonamides is 1. The second-order valence-corrected chi connectivity index (χ2v) is 8.60. The van der Waals surface area contributed by atoms with Crippen LogP contribution < -0.4 is 9.62 Å². The van der Waals surface area contributed by atoms with Gasteiger partial charge < -0.3 is 14.4 Å². The van der Waals surface area contributed by atoms with Gasteiger partial charge in [-0.15, -0.1) is 0 Å². The van der Waals surface area contributed by atoms with Crippen molar-refractivity contribution in [2.24, 2.45) is 0 Å². The highest BCUT2D eigenvalue weighted by Crippen LogP contribution is 2.33. The van der Waals surface area contributed by atoms with Crippen LogP contribution in [0.5, 0.6) is 0 Å². The van der Waals surface area contributed by atoms with E-state index in [1.807, 2.05) is 19.1 Å². The van der Waals surface area contributed by atoms with E-state index in [-0.39, 0.29) is 4.90 Å². The molecule has 2 aromatic rings. The van der Waals surface area contributed by atoms with Crippen LogP contribution >= 0.6 is 0 Å². The third kappa shape index (κ3) is 3.92. The molecule has 2 aliphatic heterocycles. The molecule has 0 saturated carbocycles. The average Bonchev–Trinajstić information content (AvgIpc) is 3.11. The summed E-state index contributed by atoms with van der Waals surface area (Å²) in [6.45, 7) is 4.82. The maximum absolute atomic E-state index is 12.5. The summed E-state index contributed by atoms with van der Waals surface area (Å²) in [5.41, 5.74) is 1.85. The largest absolute Gasteiger partial charge is 0.370 e. The number of hydrogen-bond acceptors (Lipinski definition) is 6. The first kappa shape index (κ1) is 18.2. The smallest absolute Gasteiger partial charge is 0.263 e. The van der Waals surface area contributed by atoms with Crippen LogP contribution in [0.1, 0.15) is 18.4 Å². The molecule has 1 N–H and O–H groups in total. The second kappa shape index (κ2) is 7.10. The number of ether oxygens (including phenoxy) is 2. The summed E-state index contributed by atoms with van der Waals surface area (Å²) in [6.07, 6.45) is 3.33. The van der Waals surface area contributed by atoms with E-state index in [0.717, 1.165) is 37.2 Å². The molecular formula is C19H23N3O4S. The number of nitrogens with zero attached hydrogens (tertiary/aromatic N) is 2. The molecule has 3 heterocycles. The van der Waals surface area contributed by atoms with Crippen molar-refractivity contribution in [3.8, 4) is 0 Å². The lowest BCUT2D eigenvalue weighted by Crippen LogP contribution is -2.45. The molecule has 0 amide bonds. The summed E-state index contributed by atoms with van der Waals surface area (Å²) in [5, 5.41) is 0. The number of piperidine rings is 1. The third-order valence-electron chi connectivity index (χ3n) is 4.99. The Morgan fingerprint density at radius 3 is 2.48 bits per heavy atom. The number of aryl methyl sites for hydroxylation is 1. The minimum absolute atomic E-state index is 0.228. The molecule has 1 aromatic carbocycles. The van der Waals surface area contributed by atoms with Gasteiger partial charge in [0.05, 0.1) is 30.0 Å². The molecule has 7 nitrogen and oxygen atoms in total. The van der Waals surface area contributed by atoms with Crippen LogP contribution in [0.15, 0.2) is 47.5 Å². The van der Waals surface area contributed by atoms with Crippen molar-refractivity contribution in [1.29, 1.82) is 0 Å². The standard InChI is InChI=1S/C19H23N3O4S/c1-15-3-2-4-17(13-15)27(23,24)21-18-6-5-16(14-20-18)22-9-7-19(8-10-22)25-11-12-26-19/h2-6,13-14H,7-12H2,1H3,(H,20,21). The Kier molecular flexibility index (Phi) is 4.79. The van der Waals surface area contributed by atoms with Gasteiger partial charge in [-0.1, -0.05) is 12.1 Å². The minimum atomic E-state index is -3.65. The van der Waals surface area contributed by atoms with Crippen LogP contribution in [-0.4, -0.2) is 45.5 Å². The Labute approximate surface area is 159 Å². The van der Waals surface area contributed by atoms with E-state index in [1.165, 1.54) is 0 Å². The van der Waals surface area contributed by atoms with Crippen LogP contribution in [0.4, 0.5) is 11.5 Å². The fourth-order valence-electron chi connectivity index (χ4n) is 3.50. The van der Waals surface area contributed by atoms with Crippen LogP contribution in [0, 0.1) is 6.92 Å². The van der Waals surface area contributed by atoms with E-state index in [1.54, 1.807) is 30.5 Å². The Morgan fingerprint density at radius 2 is 1.85 bits per heavy atom. The third-order valence-corrected chi connectivity index (χ3v) is 6.34. The second-order valence-electron chi connectivity index (χ2n) is 6.92. The SMILES string of the molecule is Cc1cccc(S(=O)(=O)Nc2ccc(N3CCC4(CC3)OCCO4)cn2)c1. The van der Waals surface area contributed by atoms with E-state index in [4.69, 9.17) is 9.47 Å². The monoisotopic (exact) mass is 389 g/mol. The van der Waals surface area contributed by atoms with Crippen molar-refractivity contribution in [2.45, 2.75) is 30.4 Å². The Hall–Kier alpha value is -2.16. The summed E-state index contributed by atoms with van der Waals surface area (Å²) in [4.78, 5) is 6.72. The molecule has 0 atom stereocenters. The predicted octanol–water partition coefficient (Wildman–Crippen LogP) is 2.53. The molecule has 8 heteroatoms. The summed E-state index contributed by atoms with van der Waals surface area (Å²) in [7, 11) is -3.65. The van der Waals surface area contributed by atoms with Gasteiger partial charge in [0.15, 0.2) is 5.79 Å². The number of pyridine rings is 1. The molecule has 1 spiro atoms. The highest BCUT2D eigenvalue weighted by Gasteiger charge is 2.39. The lowest BCUT2D eigenvalue weighted by molar-refractivity contribution is -0.169. The molecule has 2 fully saturated rings. The molecule has 1 aromatic heterocycles. The zero-order valence-corrected chi connectivity index (χ0v) is 16.0. The molecule has 2 aliphatic rings. The number of aromatic nitrogens is 1. The maximum atomic E-state index is 12.5. The van der Waals surface area contributed by atoms with Gasteiger partial charge in [-0.3, -0.25) is 4.72 Å². The lowest BCUT2D eigenvalue weighted by atomic mass is 10.0. The van der Waals surface area contributed by atoms with Crippen molar-refractivity contribution in [3.63, 3.8) is 0 Å². The Morgan fingerprint density at radius 1 is 1.11 bits per heavy atom. The van der Waals surface area contributed by atoms with Crippen molar-refractivity contribution < 1.29 is 17.9 Å². The maximum Gasteiger partial charge on any atom is 0.263 e. The lowest BCUT2D eigenvalue weighted by Gasteiger charge is -2.38. The zero-order valence-electron chi connectivity index (χ0n) is 15.2. The number of nitrogens with one attached hydrogen (secondary N) is 1. The fourth-order valence-corrected chi connectivity index (χ4v) is 4.62. The van der Waals surface area contributed by atoms with Gasteiger partial charge in [0, 0.05) is 25.9 Å². The van der Waals surface area contributed by atoms with Crippen molar-refractivity contribution in [3.05, 3.63) is 48.2 Å². The van der Waals surface area contributed by atoms with Gasteiger partial charge >= 0.3 is 0 Å². The quantitative estimate of drug-likeness (QED) is 0.866. The van der Waals surface area contributed by atoms with Crippen LogP contribution in [-0.2, 0) is 19.5 Å². The topological polar surface area (TPSA) is 80.8 Å². The molecule has 4 rings (SSSR count). The number of hydrogen-bond donors (Lipinski definition) is 1. The number of anilines is 2. The first-order chi connectivity index (χ1) is 13.0. The fraction of sp³-hybridized carbons (Fsp3) is 0.421. The average molecular weight is 389 g/mol. The molecule has 144 valence electrons. The summed E-state index contributed by atoms with van der Waals surface area (Å²) < 4.78 is 39.0. The van der Waals surface area contributed by atoms with E-state index in [2.05, 4.69) is 14.6 Å². The number of benzene rings is 1. The molecule has 0 radical (unpaired) electrons. The molecule has 0 aliphatic carbocycles. The first-order valence-corrected chi connectivity index (χ1v) is 10.5. The van der Waals surface area contributed by atoms with Crippen molar-refractivity contribution in [1.82, 2.24) is 4.98 Å². The van der Waals surface area contributed by atoms with Gasteiger partial charge in [-0.2, -0.15) is 0 Å². The minimum Gasteiger partial charge on any atom is -0.370 e. The Bertz CT molecular complexity index is 899. The van der Waals surface area contributed by atoms with E-state index >= 15 is 0 Å². The van der Waals surface area contributed by atoms with Crippen LogP contribution in [0.2, 0.25) is 0 Å². The number of rotatable bonds is 4. The normalized spacial score (nSPS) is 19.4. The Balaban J connectivity index is 1.42. The van der Waals surface area contributed by atoms with Gasteiger partial charge in [0.2, 0.25) is 0 Å². The van der Waals surface area contributed by atoms with Gasteiger partial charge in [-0.25, -0.2) is 13.4 Å². The van der Waals surface area contributed by atoms with Crippen LogP contribution in [0.25, 0.3) is 0 Å². The highest BCUT2D eigenvalue weighted by atomic mass is 32.2. The van der Waals surface area contributed by atoms with Crippen molar-refractivity contribution in [2.75, 3.05) is 35.9 Å². The molecule has 0 bridgehead atoms. The highest BCUT2D eigenvalue weighted by molar-refractivity contribution is 7.92. The van der Waals surface area contributed by atoms with Gasteiger partial charge in [0.25, 0.3) is 10.0 Å². The predicted molar refractivity (Wildman–Crippen MR) is 102 cm³/mol. The molecule has 2 saturated heterocycles. The van der Waals surface area contributed by atoms with E-state index < -0.39 is 15.8 Å². The summed E-state index contributed by atoms with van der Waals surface area (Å²) in [5.74, 6) is -0.107. The van der Waals surface area contributed by atoms with E-state index in [9.17, 15) is 8.42 Å². The van der Waals surface area contributed by atoms with E-state index in [0.29, 0.717) is 19.0 Å². The molecule has 0 unspecified atom stereocenters. The zero-order chi connectivity index (χ0) is 18.9. The van der Waals surface area contributed by atoms with Gasteiger partial charge in [-0.05, 0) is 36.8 Å². The van der Waals surface area contributed by atoms with Gasteiger partial charge in [0.1, 0.15) is 5.82 Å². The van der Waals surface area contributed by atoms with Crippen molar-refractivity contribution >= 4 is 21.5 Å². The summed E-state index contributed by atoms with van der Waals surface area (Å²) in [6, 6.07) is 10.4. The van der Waals surface area contributed by atoms with Crippen LogP contribution in [0.3, 0.4) is 0 Å².